The highest BCUT2D eigenvalue weighted by Gasteiger charge is 2.38. The molecule has 30 heavy (non-hydrogen) atoms. The number of nitrogens with zero attached hydrogens (tertiary/aromatic N) is 1. The normalized spacial score (nSPS) is 14.6. The zero-order chi connectivity index (χ0) is 21.4. The Morgan fingerprint density at radius 1 is 1.00 bits per heavy atom. The molecular formula is C24H31N3O3. The molecule has 1 fully saturated rings. The Balaban J connectivity index is 1.50. The van der Waals surface area contributed by atoms with Gasteiger partial charge in [0.25, 0.3) is 0 Å². The van der Waals surface area contributed by atoms with Gasteiger partial charge in [-0.25, -0.2) is 0 Å². The number of nitrogens with one attached hydrogen (secondary N) is 2. The predicted molar refractivity (Wildman–Crippen MR) is 119 cm³/mol. The molecule has 2 aromatic rings. The van der Waals surface area contributed by atoms with Gasteiger partial charge in [-0.2, -0.15) is 0 Å². The van der Waals surface area contributed by atoms with Gasteiger partial charge in [-0.05, 0) is 37.1 Å². The van der Waals surface area contributed by atoms with Gasteiger partial charge in [0.2, 0.25) is 11.8 Å². The molecule has 1 aliphatic carbocycles. The summed E-state index contributed by atoms with van der Waals surface area (Å²) in [6, 6.07) is 17.7. The van der Waals surface area contributed by atoms with Gasteiger partial charge in [0.15, 0.2) is 0 Å². The molecular weight excluding hydrogens is 378 g/mol. The number of carbonyl (C=O) groups excluding carboxylic acids is 2. The Morgan fingerprint density at radius 2 is 1.67 bits per heavy atom. The summed E-state index contributed by atoms with van der Waals surface area (Å²) < 4.78 is 5.27. The Morgan fingerprint density at radius 3 is 2.30 bits per heavy atom. The number of benzene rings is 2. The van der Waals surface area contributed by atoms with Crippen molar-refractivity contribution in [1.29, 1.82) is 0 Å². The second kappa shape index (κ2) is 10.3. The molecule has 0 radical (unpaired) electrons. The highest BCUT2D eigenvalue weighted by molar-refractivity contribution is 5.94. The van der Waals surface area contributed by atoms with Gasteiger partial charge < -0.3 is 15.4 Å². The maximum Gasteiger partial charge on any atom is 0.238 e. The topological polar surface area (TPSA) is 70.7 Å². The van der Waals surface area contributed by atoms with E-state index in [0.717, 1.165) is 12.8 Å². The number of ether oxygens (including phenoxy) is 1. The van der Waals surface area contributed by atoms with Gasteiger partial charge >= 0.3 is 0 Å². The summed E-state index contributed by atoms with van der Waals surface area (Å²) in [7, 11) is 1.57. The molecule has 2 amide bonds. The van der Waals surface area contributed by atoms with Crippen LogP contribution in [0.4, 0.5) is 5.69 Å². The molecule has 0 aliphatic heterocycles. The standard InChI is InChI=1S/C24H31N3O3/c1-3-27(17-23(29)26-20-12-7-8-13-21(20)30-2)16-22(28)25-18-24(14-9-15-24)19-10-5-4-6-11-19/h4-8,10-13H,3,9,14-18H2,1-2H3,(H,25,28)(H,26,29). The van der Waals surface area contributed by atoms with Gasteiger partial charge in [0.05, 0.1) is 25.9 Å². The van der Waals surface area contributed by atoms with Crippen molar-refractivity contribution in [3.05, 3.63) is 60.2 Å². The fourth-order valence-electron chi connectivity index (χ4n) is 3.91. The highest BCUT2D eigenvalue weighted by atomic mass is 16.5. The van der Waals surface area contributed by atoms with Crippen molar-refractivity contribution >= 4 is 17.5 Å². The van der Waals surface area contributed by atoms with Crippen LogP contribution in [0.2, 0.25) is 0 Å². The highest BCUT2D eigenvalue weighted by Crippen LogP contribution is 2.43. The fourth-order valence-corrected chi connectivity index (χ4v) is 3.91. The lowest BCUT2D eigenvalue weighted by Crippen LogP contribution is -2.48. The summed E-state index contributed by atoms with van der Waals surface area (Å²) in [5, 5.41) is 5.96. The Labute approximate surface area is 178 Å². The number of para-hydroxylation sites is 2. The minimum absolute atomic E-state index is 0.0508. The van der Waals surface area contributed by atoms with E-state index in [-0.39, 0.29) is 30.3 Å². The van der Waals surface area contributed by atoms with Crippen molar-refractivity contribution < 1.29 is 14.3 Å². The van der Waals surface area contributed by atoms with E-state index in [9.17, 15) is 9.59 Å². The van der Waals surface area contributed by atoms with E-state index in [1.165, 1.54) is 12.0 Å². The van der Waals surface area contributed by atoms with Gasteiger partial charge in [0.1, 0.15) is 5.75 Å². The molecule has 6 nitrogen and oxygen atoms in total. The van der Waals surface area contributed by atoms with E-state index in [1.807, 2.05) is 30.0 Å². The molecule has 0 saturated heterocycles. The molecule has 1 saturated carbocycles. The largest absolute Gasteiger partial charge is 0.495 e. The molecule has 0 atom stereocenters. The molecule has 0 bridgehead atoms. The number of anilines is 1. The van der Waals surface area contributed by atoms with Crippen LogP contribution in [0.1, 0.15) is 31.7 Å². The van der Waals surface area contributed by atoms with Gasteiger partial charge in [0, 0.05) is 12.0 Å². The molecule has 0 aromatic heterocycles. The summed E-state index contributed by atoms with van der Waals surface area (Å²) in [5.41, 5.74) is 1.97. The first-order chi connectivity index (χ1) is 14.6. The lowest BCUT2D eigenvalue weighted by atomic mass is 9.64. The minimum Gasteiger partial charge on any atom is -0.495 e. The van der Waals surface area contributed by atoms with E-state index in [1.54, 1.807) is 19.2 Å². The Hall–Kier alpha value is -2.86. The van der Waals surface area contributed by atoms with Crippen LogP contribution in [-0.2, 0) is 15.0 Å². The lowest BCUT2D eigenvalue weighted by Gasteiger charge is -2.42. The monoisotopic (exact) mass is 409 g/mol. The average Bonchev–Trinajstić information content (AvgIpc) is 2.73. The number of hydrogen-bond donors (Lipinski definition) is 2. The van der Waals surface area contributed by atoms with Crippen LogP contribution in [0, 0.1) is 0 Å². The van der Waals surface area contributed by atoms with Crippen molar-refractivity contribution in [2.45, 2.75) is 31.6 Å². The maximum absolute atomic E-state index is 12.6. The zero-order valence-electron chi connectivity index (χ0n) is 17.8. The smallest absolute Gasteiger partial charge is 0.238 e. The molecule has 6 heteroatoms. The first kappa shape index (κ1) is 21.8. The molecule has 0 heterocycles. The van der Waals surface area contributed by atoms with Crippen LogP contribution in [-0.4, -0.2) is 50.0 Å². The first-order valence-electron chi connectivity index (χ1n) is 10.5. The lowest BCUT2D eigenvalue weighted by molar-refractivity contribution is -0.123. The number of carbonyl (C=O) groups is 2. The quantitative estimate of drug-likeness (QED) is 0.632. The van der Waals surface area contributed by atoms with Gasteiger partial charge in [-0.1, -0.05) is 55.8 Å². The SMILES string of the molecule is CCN(CC(=O)NCC1(c2ccccc2)CCC1)CC(=O)Nc1ccccc1OC. The first-order valence-corrected chi connectivity index (χ1v) is 10.5. The predicted octanol–water partition coefficient (Wildman–Crippen LogP) is 3.19. The van der Waals surface area contributed by atoms with E-state index in [4.69, 9.17) is 4.74 Å². The molecule has 0 unspecified atom stereocenters. The van der Waals surface area contributed by atoms with Crippen LogP contribution in [0.3, 0.4) is 0 Å². The summed E-state index contributed by atoms with van der Waals surface area (Å²) in [6.07, 6.45) is 3.38. The number of rotatable bonds is 10. The minimum atomic E-state index is -0.172. The Bertz CT molecular complexity index is 850. The van der Waals surface area contributed by atoms with Crippen LogP contribution in [0.5, 0.6) is 5.75 Å². The third-order valence-corrected chi connectivity index (χ3v) is 5.88. The zero-order valence-corrected chi connectivity index (χ0v) is 17.8. The summed E-state index contributed by atoms with van der Waals surface area (Å²) in [6.45, 7) is 3.53. The van der Waals surface area contributed by atoms with Crippen molar-refractivity contribution in [2.24, 2.45) is 0 Å². The van der Waals surface area contributed by atoms with Crippen molar-refractivity contribution in [2.75, 3.05) is 38.6 Å². The molecule has 3 rings (SSSR count). The van der Waals surface area contributed by atoms with Crippen molar-refractivity contribution in [3.63, 3.8) is 0 Å². The van der Waals surface area contributed by atoms with E-state index >= 15 is 0 Å². The third kappa shape index (κ3) is 5.39. The van der Waals surface area contributed by atoms with Crippen LogP contribution >= 0.6 is 0 Å². The van der Waals surface area contributed by atoms with Crippen LogP contribution in [0.15, 0.2) is 54.6 Å². The van der Waals surface area contributed by atoms with E-state index in [2.05, 4.69) is 34.9 Å². The number of hydrogen-bond acceptors (Lipinski definition) is 4. The number of amides is 2. The van der Waals surface area contributed by atoms with E-state index < -0.39 is 0 Å². The van der Waals surface area contributed by atoms with Crippen molar-refractivity contribution in [3.8, 4) is 5.75 Å². The second-order valence-corrected chi connectivity index (χ2v) is 7.83. The molecule has 0 spiro atoms. The number of methoxy groups -OCH3 is 1. The fraction of sp³-hybridized carbons (Fsp3) is 0.417. The maximum atomic E-state index is 12.6. The molecule has 160 valence electrons. The summed E-state index contributed by atoms with van der Waals surface area (Å²) in [5.74, 6) is 0.386. The molecule has 2 N–H and O–H groups in total. The summed E-state index contributed by atoms with van der Waals surface area (Å²) >= 11 is 0. The average molecular weight is 410 g/mol. The van der Waals surface area contributed by atoms with Crippen LogP contribution in [0.25, 0.3) is 0 Å². The summed E-state index contributed by atoms with van der Waals surface area (Å²) in [4.78, 5) is 26.8. The second-order valence-electron chi connectivity index (χ2n) is 7.83. The van der Waals surface area contributed by atoms with Crippen LogP contribution < -0.4 is 15.4 Å². The molecule has 2 aromatic carbocycles. The molecule has 1 aliphatic rings. The number of likely N-dealkylation sites (N-methyl/N-ethyl adjacent to an activating group) is 1. The van der Waals surface area contributed by atoms with E-state index in [0.29, 0.717) is 24.5 Å². The van der Waals surface area contributed by atoms with Gasteiger partial charge in [-0.15, -0.1) is 0 Å². The third-order valence-electron chi connectivity index (χ3n) is 5.88. The van der Waals surface area contributed by atoms with Crippen molar-refractivity contribution in [1.82, 2.24) is 10.2 Å². The Kier molecular flexibility index (Phi) is 7.46. The van der Waals surface area contributed by atoms with Gasteiger partial charge in [-0.3, -0.25) is 14.5 Å².